The van der Waals surface area contributed by atoms with Gasteiger partial charge in [0.05, 0.1) is 24.1 Å². The van der Waals surface area contributed by atoms with Gasteiger partial charge in [-0.3, -0.25) is 4.79 Å². The summed E-state index contributed by atoms with van der Waals surface area (Å²) in [5.41, 5.74) is -0.0456. The van der Waals surface area contributed by atoms with E-state index < -0.39 is 17.4 Å². The fourth-order valence-electron chi connectivity index (χ4n) is 4.06. The Bertz CT molecular complexity index is 1620. The molecule has 2 N–H and O–H groups in total. The number of carbonyl (C=O) groups is 1. The van der Waals surface area contributed by atoms with Crippen LogP contribution in [-0.4, -0.2) is 46.3 Å². The molecule has 0 aliphatic rings. The molecule has 0 saturated carbocycles. The molecule has 2 aromatic carbocycles. The molecular formula is C26H22FN3O6. The van der Waals surface area contributed by atoms with Crippen molar-refractivity contribution in [3.63, 3.8) is 0 Å². The highest BCUT2D eigenvalue weighted by atomic mass is 19.1. The number of anilines is 1. The smallest absolute Gasteiger partial charge is 0.349 e. The number of phenolic OH excluding ortho intramolecular Hbond substituents is 1. The summed E-state index contributed by atoms with van der Waals surface area (Å²) in [7, 11) is 1.59. The van der Waals surface area contributed by atoms with Gasteiger partial charge in [0, 0.05) is 30.1 Å². The number of nitrogens with zero attached hydrogens (tertiary/aromatic N) is 3. The molecule has 0 atom stereocenters. The van der Waals surface area contributed by atoms with Crippen LogP contribution in [0.25, 0.3) is 33.0 Å². The van der Waals surface area contributed by atoms with Crippen LogP contribution in [-0.2, 0) is 4.79 Å². The molecule has 0 spiro atoms. The molecule has 4 aromatic rings. The molecule has 184 valence electrons. The van der Waals surface area contributed by atoms with Crippen molar-refractivity contribution in [3.05, 3.63) is 51.6 Å². The Morgan fingerprint density at radius 1 is 1.28 bits per heavy atom. The molecule has 4 rings (SSSR count). The number of hydrogen-bond donors (Lipinski definition) is 2. The summed E-state index contributed by atoms with van der Waals surface area (Å²) in [6.07, 6.45) is 5.40. The number of rotatable bonds is 7. The van der Waals surface area contributed by atoms with E-state index in [1.54, 1.807) is 20.9 Å². The number of benzene rings is 2. The van der Waals surface area contributed by atoms with Gasteiger partial charge in [-0.25, -0.2) is 9.18 Å². The number of aryl methyl sites for hydroxylation is 1. The van der Waals surface area contributed by atoms with E-state index in [0.717, 1.165) is 0 Å². The van der Waals surface area contributed by atoms with Crippen molar-refractivity contribution >= 4 is 33.5 Å². The highest BCUT2D eigenvalue weighted by molar-refractivity contribution is 6.03. The topological polar surface area (TPSA) is 126 Å². The first-order valence-corrected chi connectivity index (χ1v) is 11.0. The minimum absolute atomic E-state index is 0.0158. The summed E-state index contributed by atoms with van der Waals surface area (Å²) in [4.78, 5) is 34.6. The van der Waals surface area contributed by atoms with Crippen LogP contribution < -0.4 is 15.3 Å². The molecule has 0 unspecified atom stereocenters. The van der Waals surface area contributed by atoms with Crippen LogP contribution in [0, 0.1) is 25.1 Å². The Morgan fingerprint density at radius 2 is 2.03 bits per heavy atom. The number of aromatic nitrogens is 2. The summed E-state index contributed by atoms with van der Waals surface area (Å²) in [6.45, 7) is 3.71. The highest BCUT2D eigenvalue weighted by Gasteiger charge is 2.24. The van der Waals surface area contributed by atoms with Gasteiger partial charge in [-0.15, -0.1) is 6.42 Å². The van der Waals surface area contributed by atoms with E-state index in [2.05, 4.69) is 15.9 Å². The summed E-state index contributed by atoms with van der Waals surface area (Å²) in [5.74, 6) is 0.729. The lowest BCUT2D eigenvalue weighted by atomic mass is 9.95. The first kappa shape index (κ1) is 24.5. The third-order valence-corrected chi connectivity index (χ3v) is 5.70. The predicted octanol–water partition coefficient (Wildman–Crippen LogP) is 3.85. The zero-order chi connectivity index (χ0) is 26.1. The first-order chi connectivity index (χ1) is 17.2. The SMILES string of the molecule is C#Cc1c(F)ccc2cc(O)cc(-c3oc(=O)c4c(N(C)CCC(=O)O)nc(OCC)nc4c3C)c12. The van der Waals surface area contributed by atoms with Gasteiger partial charge in [-0.1, -0.05) is 12.0 Å². The quantitative estimate of drug-likeness (QED) is 0.371. The molecule has 0 aliphatic heterocycles. The second kappa shape index (κ2) is 9.54. The molecule has 0 amide bonds. The zero-order valence-corrected chi connectivity index (χ0v) is 19.8. The van der Waals surface area contributed by atoms with Gasteiger partial charge in [0.1, 0.15) is 22.7 Å². The molecule has 2 aromatic heterocycles. The van der Waals surface area contributed by atoms with Gasteiger partial charge in [-0.05, 0) is 37.4 Å². The molecule has 0 saturated heterocycles. The second-order valence-corrected chi connectivity index (χ2v) is 8.05. The number of ether oxygens (including phenoxy) is 1. The van der Waals surface area contributed by atoms with Crippen LogP contribution in [0.2, 0.25) is 0 Å². The lowest BCUT2D eigenvalue weighted by molar-refractivity contribution is -0.136. The van der Waals surface area contributed by atoms with E-state index in [1.807, 2.05) is 0 Å². The van der Waals surface area contributed by atoms with Gasteiger partial charge in [0.15, 0.2) is 5.82 Å². The maximum atomic E-state index is 14.6. The number of fused-ring (bicyclic) bond motifs is 2. The Morgan fingerprint density at radius 3 is 2.69 bits per heavy atom. The first-order valence-electron chi connectivity index (χ1n) is 11.0. The maximum Gasteiger partial charge on any atom is 0.349 e. The van der Waals surface area contributed by atoms with Crippen molar-refractivity contribution < 1.29 is 28.6 Å². The van der Waals surface area contributed by atoms with Crippen LogP contribution in [0.15, 0.2) is 33.5 Å². The van der Waals surface area contributed by atoms with Crippen molar-refractivity contribution in [2.24, 2.45) is 0 Å². The molecular weight excluding hydrogens is 469 g/mol. The summed E-state index contributed by atoms with van der Waals surface area (Å²) in [6, 6.07) is 5.42. The van der Waals surface area contributed by atoms with Crippen molar-refractivity contribution in [2.45, 2.75) is 20.3 Å². The number of terminal acetylenes is 1. The minimum atomic E-state index is -1.01. The van der Waals surface area contributed by atoms with Crippen LogP contribution in [0.3, 0.4) is 0 Å². The largest absolute Gasteiger partial charge is 0.508 e. The Hall–Kier alpha value is -4.65. The lowest BCUT2D eigenvalue weighted by Gasteiger charge is -2.20. The van der Waals surface area contributed by atoms with Gasteiger partial charge < -0.3 is 24.3 Å². The number of halogens is 1. The fraction of sp³-hybridized carbons (Fsp3) is 0.231. The van der Waals surface area contributed by atoms with E-state index in [9.17, 15) is 19.1 Å². The van der Waals surface area contributed by atoms with Crippen molar-refractivity contribution in [2.75, 3.05) is 25.1 Å². The fourth-order valence-corrected chi connectivity index (χ4v) is 4.06. The summed E-state index contributed by atoms with van der Waals surface area (Å²) in [5, 5.41) is 20.2. The van der Waals surface area contributed by atoms with Crippen LogP contribution in [0.1, 0.15) is 24.5 Å². The Labute approximate surface area is 204 Å². The van der Waals surface area contributed by atoms with Gasteiger partial charge in [0.2, 0.25) is 0 Å². The third kappa shape index (κ3) is 4.27. The van der Waals surface area contributed by atoms with Crippen LogP contribution >= 0.6 is 0 Å². The minimum Gasteiger partial charge on any atom is -0.508 e. The van der Waals surface area contributed by atoms with E-state index in [4.69, 9.17) is 20.7 Å². The van der Waals surface area contributed by atoms with E-state index in [0.29, 0.717) is 16.3 Å². The molecule has 0 aliphatic carbocycles. The number of carboxylic acids is 1. The number of carboxylic acid groups (broad SMARTS) is 1. The molecule has 0 bridgehead atoms. The Balaban J connectivity index is 2.07. The highest BCUT2D eigenvalue weighted by Crippen LogP contribution is 2.39. The Kier molecular flexibility index (Phi) is 6.49. The normalized spacial score (nSPS) is 11.0. The summed E-state index contributed by atoms with van der Waals surface area (Å²) >= 11 is 0. The zero-order valence-electron chi connectivity index (χ0n) is 19.8. The maximum absolute atomic E-state index is 14.6. The van der Waals surface area contributed by atoms with Gasteiger partial charge >= 0.3 is 17.6 Å². The van der Waals surface area contributed by atoms with Crippen molar-refractivity contribution in [1.82, 2.24) is 9.97 Å². The van der Waals surface area contributed by atoms with Crippen molar-refractivity contribution in [1.29, 1.82) is 0 Å². The van der Waals surface area contributed by atoms with Crippen molar-refractivity contribution in [3.8, 4) is 35.4 Å². The van der Waals surface area contributed by atoms with Crippen LogP contribution in [0.4, 0.5) is 10.2 Å². The summed E-state index contributed by atoms with van der Waals surface area (Å²) < 4.78 is 25.8. The number of hydrogen-bond acceptors (Lipinski definition) is 8. The van der Waals surface area contributed by atoms with E-state index in [1.165, 1.54) is 29.2 Å². The van der Waals surface area contributed by atoms with Gasteiger partial charge in [-0.2, -0.15) is 9.97 Å². The second-order valence-electron chi connectivity index (χ2n) is 8.05. The standard InChI is InChI=1S/C26H22FN3O6/c1-5-16-18(27)8-7-14-11-15(31)12-17(20(14)16)23-13(3)22-21(25(34)36-23)24(29-26(28-22)35-6-2)30(4)10-9-19(32)33/h1,7-8,11-12,31H,6,9-10H2,2-4H3,(H,32,33). The van der Waals surface area contributed by atoms with Crippen LogP contribution in [0.5, 0.6) is 11.8 Å². The number of aromatic hydroxyl groups is 1. The number of aliphatic carboxylic acids is 1. The van der Waals surface area contributed by atoms with E-state index >= 15 is 0 Å². The van der Waals surface area contributed by atoms with Gasteiger partial charge in [0.25, 0.3) is 0 Å². The molecule has 0 fully saturated rings. The van der Waals surface area contributed by atoms with E-state index in [-0.39, 0.29) is 64.9 Å². The number of phenols is 1. The monoisotopic (exact) mass is 491 g/mol. The molecule has 10 heteroatoms. The average Bonchev–Trinajstić information content (AvgIpc) is 2.84. The molecule has 0 radical (unpaired) electrons. The molecule has 2 heterocycles. The average molecular weight is 491 g/mol. The third-order valence-electron chi connectivity index (χ3n) is 5.70. The predicted molar refractivity (Wildman–Crippen MR) is 132 cm³/mol. The molecule has 9 nitrogen and oxygen atoms in total. The molecule has 36 heavy (non-hydrogen) atoms. The lowest BCUT2D eigenvalue weighted by Crippen LogP contribution is -2.24.